The molecule has 0 radical (unpaired) electrons. The van der Waals surface area contributed by atoms with Gasteiger partial charge in [-0.1, -0.05) is 29.3 Å². The van der Waals surface area contributed by atoms with Gasteiger partial charge in [0.25, 0.3) is 11.5 Å². The number of likely N-dealkylation sites (tertiary alicyclic amines) is 1. The van der Waals surface area contributed by atoms with Gasteiger partial charge in [0.2, 0.25) is 0 Å². The van der Waals surface area contributed by atoms with Crippen LogP contribution in [0.2, 0.25) is 10.0 Å². The molecule has 0 spiro atoms. The summed E-state index contributed by atoms with van der Waals surface area (Å²) in [6.45, 7) is 0.417. The molecule has 25 heavy (non-hydrogen) atoms. The quantitative estimate of drug-likeness (QED) is 0.850. The number of halogens is 2. The third-order valence-electron chi connectivity index (χ3n) is 4.34. The highest BCUT2D eigenvalue weighted by molar-refractivity contribution is 6.36. The van der Waals surface area contributed by atoms with Gasteiger partial charge in [-0.25, -0.2) is 4.98 Å². The summed E-state index contributed by atoms with van der Waals surface area (Å²) in [4.78, 5) is 33.2. The Labute approximate surface area is 154 Å². The monoisotopic (exact) mass is 381 g/mol. The van der Waals surface area contributed by atoms with E-state index in [1.54, 1.807) is 18.2 Å². The Morgan fingerprint density at radius 3 is 2.72 bits per heavy atom. The molecule has 6 nitrogen and oxygen atoms in total. The van der Waals surface area contributed by atoms with Gasteiger partial charge in [-0.05, 0) is 30.5 Å². The fourth-order valence-corrected chi connectivity index (χ4v) is 3.52. The molecule has 1 atom stereocenters. The van der Waals surface area contributed by atoms with E-state index in [0.717, 1.165) is 12.8 Å². The van der Waals surface area contributed by atoms with Gasteiger partial charge in [0.1, 0.15) is 11.4 Å². The van der Waals surface area contributed by atoms with Crippen LogP contribution in [0.25, 0.3) is 0 Å². The Bertz CT molecular complexity index is 833. The van der Waals surface area contributed by atoms with E-state index in [1.165, 1.54) is 11.1 Å². The van der Waals surface area contributed by atoms with E-state index in [-0.39, 0.29) is 24.6 Å². The van der Waals surface area contributed by atoms with Crippen molar-refractivity contribution < 1.29 is 9.90 Å². The van der Waals surface area contributed by atoms with E-state index in [0.29, 0.717) is 28.0 Å². The summed E-state index contributed by atoms with van der Waals surface area (Å²) in [5, 5.41) is 10.3. The Morgan fingerprint density at radius 1 is 1.36 bits per heavy atom. The van der Waals surface area contributed by atoms with Crippen LogP contribution >= 0.6 is 23.2 Å². The zero-order chi connectivity index (χ0) is 18.0. The zero-order valence-electron chi connectivity index (χ0n) is 13.3. The first-order chi connectivity index (χ1) is 12.0. The van der Waals surface area contributed by atoms with E-state index >= 15 is 0 Å². The predicted octanol–water partition coefficient (Wildman–Crippen LogP) is 2.26. The molecule has 132 valence electrons. The Hall–Kier alpha value is -1.89. The van der Waals surface area contributed by atoms with E-state index in [2.05, 4.69) is 9.97 Å². The summed E-state index contributed by atoms with van der Waals surface area (Å²) in [5.74, 6) is -0.0377. The fourth-order valence-electron chi connectivity index (χ4n) is 2.99. The number of hydrogen-bond acceptors (Lipinski definition) is 4. The van der Waals surface area contributed by atoms with Crippen LogP contribution < -0.4 is 5.56 Å². The maximum Gasteiger partial charge on any atom is 0.263 e. The highest BCUT2D eigenvalue weighted by atomic mass is 35.5. The number of hydrogen-bond donors (Lipinski definition) is 2. The summed E-state index contributed by atoms with van der Waals surface area (Å²) < 4.78 is 0. The number of carbonyl (C=O) groups excluding carboxylic acids is 1. The van der Waals surface area contributed by atoms with Gasteiger partial charge >= 0.3 is 0 Å². The lowest BCUT2D eigenvalue weighted by molar-refractivity contribution is 0.0675. The van der Waals surface area contributed by atoms with Gasteiger partial charge < -0.3 is 15.0 Å². The molecule has 2 N–H and O–H groups in total. The van der Waals surface area contributed by atoms with Crippen LogP contribution in [0.15, 0.2) is 29.2 Å². The van der Waals surface area contributed by atoms with Crippen LogP contribution in [0.1, 0.15) is 34.6 Å². The minimum Gasteiger partial charge on any atom is -0.394 e. The van der Waals surface area contributed by atoms with Crippen molar-refractivity contribution in [1.82, 2.24) is 14.9 Å². The van der Waals surface area contributed by atoms with Crippen molar-refractivity contribution in [1.29, 1.82) is 0 Å². The highest BCUT2D eigenvalue weighted by Gasteiger charge is 2.30. The molecule has 0 unspecified atom stereocenters. The highest BCUT2D eigenvalue weighted by Crippen LogP contribution is 2.25. The van der Waals surface area contributed by atoms with Gasteiger partial charge in [-0.2, -0.15) is 0 Å². The van der Waals surface area contributed by atoms with E-state index < -0.39 is 11.5 Å². The number of amides is 1. The topological polar surface area (TPSA) is 86.3 Å². The summed E-state index contributed by atoms with van der Waals surface area (Å²) >= 11 is 12.3. The Balaban J connectivity index is 1.84. The molecule has 0 saturated carbocycles. The number of nitrogens with zero attached hydrogens (tertiary/aromatic N) is 2. The lowest BCUT2D eigenvalue weighted by atomic mass is 10.1. The van der Waals surface area contributed by atoms with Crippen LogP contribution in [0.3, 0.4) is 0 Å². The normalized spacial score (nSPS) is 17.1. The average molecular weight is 382 g/mol. The van der Waals surface area contributed by atoms with E-state index in [9.17, 15) is 14.7 Å². The van der Waals surface area contributed by atoms with Crippen LogP contribution in [0.5, 0.6) is 0 Å². The number of nitrogens with one attached hydrogen (secondary N) is 1. The summed E-state index contributed by atoms with van der Waals surface area (Å²) in [6, 6.07) is 4.91. The maximum atomic E-state index is 12.5. The number of benzene rings is 1. The first-order valence-electron chi connectivity index (χ1n) is 7.94. The summed E-state index contributed by atoms with van der Waals surface area (Å²) in [7, 11) is 0. The number of H-pyrrole nitrogens is 1. The molecular weight excluding hydrogens is 365 g/mol. The first kappa shape index (κ1) is 17.9. The largest absolute Gasteiger partial charge is 0.394 e. The van der Waals surface area contributed by atoms with Crippen molar-refractivity contribution in [3.05, 3.63) is 61.7 Å². The van der Waals surface area contributed by atoms with Crippen molar-refractivity contribution in [2.75, 3.05) is 13.2 Å². The van der Waals surface area contributed by atoms with Crippen LogP contribution in [0, 0.1) is 0 Å². The molecule has 2 aromatic rings. The van der Waals surface area contributed by atoms with E-state index in [1.807, 2.05) is 0 Å². The van der Waals surface area contributed by atoms with Gasteiger partial charge in [0.15, 0.2) is 0 Å². The molecular formula is C17H17Cl2N3O3. The molecule has 1 aliphatic rings. The third kappa shape index (κ3) is 3.71. The number of aliphatic hydroxyl groups excluding tert-OH is 1. The molecule has 1 fully saturated rings. The molecule has 1 saturated heterocycles. The molecule has 8 heteroatoms. The third-order valence-corrected chi connectivity index (χ3v) is 5.05. The minimum absolute atomic E-state index is 0.0330. The average Bonchev–Trinajstić information content (AvgIpc) is 3.06. The molecule has 2 heterocycles. The van der Waals surface area contributed by atoms with Gasteiger partial charge in [0.05, 0.1) is 12.6 Å². The van der Waals surface area contributed by atoms with Crippen LogP contribution in [-0.4, -0.2) is 45.1 Å². The number of rotatable bonds is 4. The van der Waals surface area contributed by atoms with Crippen molar-refractivity contribution in [2.24, 2.45) is 0 Å². The lowest BCUT2D eigenvalue weighted by Gasteiger charge is -2.22. The molecule has 3 rings (SSSR count). The van der Waals surface area contributed by atoms with Gasteiger partial charge in [0, 0.05) is 29.2 Å². The number of carbonyl (C=O) groups is 1. The first-order valence-corrected chi connectivity index (χ1v) is 8.69. The second kappa shape index (κ2) is 7.56. The number of aliphatic hydroxyl groups is 1. The smallest absolute Gasteiger partial charge is 0.263 e. The number of aromatic amines is 1. The minimum atomic E-state index is -0.512. The molecule has 0 bridgehead atoms. The lowest BCUT2D eigenvalue weighted by Crippen LogP contribution is -2.40. The second-order valence-electron chi connectivity index (χ2n) is 5.93. The summed E-state index contributed by atoms with van der Waals surface area (Å²) in [5.41, 5.74) is 0.115. The van der Waals surface area contributed by atoms with Gasteiger partial charge in [-0.15, -0.1) is 0 Å². The fraction of sp³-hybridized carbons (Fsp3) is 0.353. The SMILES string of the molecule is O=C(c1cnc(Cc2c(Cl)cccc2Cl)[nH]c1=O)N1CCC[C@H]1CO. The molecule has 1 aromatic heterocycles. The predicted molar refractivity (Wildman–Crippen MR) is 95.3 cm³/mol. The molecule has 0 aliphatic carbocycles. The van der Waals surface area contributed by atoms with Crippen LogP contribution in [0.4, 0.5) is 0 Å². The standard InChI is InChI=1S/C17H17Cl2N3O3/c18-13-4-1-5-14(19)11(13)7-15-20-8-12(16(24)21-15)17(25)22-6-2-3-10(22)9-23/h1,4-5,8,10,23H,2-3,6-7,9H2,(H,20,21,24)/t10-/m0/s1. The molecule has 1 aliphatic heterocycles. The maximum absolute atomic E-state index is 12.5. The molecule has 1 aromatic carbocycles. The van der Waals surface area contributed by atoms with Crippen molar-refractivity contribution >= 4 is 29.1 Å². The van der Waals surface area contributed by atoms with Crippen LogP contribution in [-0.2, 0) is 6.42 Å². The number of aromatic nitrogens is 2. The zero-order valence-corrected chi connectivity index (χ0v) is 14.8. The van der Waals surface area contributed by atoms with Crippen molar-refractivity contribution in [2.45, 2.75) is 25.3 Å². The Kier molecular flexibility index (Phi) is 5.42. The molecule has 1 amide bonds. The van der Waals surface area contributed by atoms with Crippen molar-refractivity contribution in [3.8, 4) is 0 Å². The summed E-state index contributed by atoms with van der Waals surface area (Å²) in [6.07, 6.45) is 3.07. The van der Waals surface area contributed by atoms with Crippen molar-refractivity contribution in [3.63, 3.8) is 0 Å². The van der Waals surface area contributed by atoms with E-state index in [4.69, 9.17) is 23.2 Å². The second-order valence-corrected chi connectivity index (χ2v) is 6.74. The van der Waals surface area contributed by atoms with Gasteiger partial charge in [-0.3, -0.25) is 9.59 Å². The Morgan fingerprint density at radius 2 is 2.08 bits per heavy atom.